The molecule has 142 valence electrons. The van der Waals surface area contributed by atoms with Crippen LogP contribution in [0.5, 0.6) is 0 Å². The lowest BCUT2D eigenvalue weighted by Gasteiger charge is -2.10. The predicted molar refractivity (Wildman–Crippen MR) is 114 cm³/mol. The molecule has 1 atom stereocenters. The van der Waals surface area contributed by atoms with E-state index in [-0.39, 0.29) is 0 Å². The molecule has 0 bridgehead atoms. The third kappa shape index (κ3) is 6.59. The molecule has 2 aromatic rings. The van der Waals surface area contributed by atoms with Crippen LogP contribution in [0.4, 0.5) is 0 Å². The molecule has 1 fully saturated rings. The summed E-state index contributed by atoms with van der Waals surface area (Å²) in [4.78, 5) is 0. The number of nitrogens with two attached hydrogens (primary N) is 1. The third-order valence-electron chi connectivity index (χ3n) is 5.22. The minimum absolute atomic E-state index is 0.613. The van der Waals surface area contributed by atoms with Crippen LogP contribution in [0.25, 0.3) is 0 Å². The van der Waals surface area contributed by atoms with Gasteiger partial charge in [-0.3, -0.25) is 0 Å². The normalized spacial score (nSPS) is 16.7. The summed E-state index contributed by atoms with van der Waals surface area (Å²) in [5, 5.41) is 3.42. The Morgan fingerprint density at radius 3 is 1.73 bits per heavy atom. The summed E-state index contributed by atoms with van der Waals surface area (Å²) in [6, 6.07) is 17.6. The summed E-state index contributed by atoms with van der Waals surface area (Å²) in [6.07, 6.45) is 2.58. The van der Waals surface area contributed by atoms with E-state index in [2.05, 4.69) is 81.5 Å². The van der Waals surface area contributed by atoms with Gasteiger partial charge in [0.1, 0.15) is 0 Å². The van der Waals surface area contributed by atoms with Crippen LogP contribution in [-0.4, -0.2) is 13.1 Å². The molecule has 0 radical (unpaired) electrons. The van der Waals surface area contributed by atoms with Crippen LogP contribution in [0.3, 0.4) is 0 Å². The summed E-state index contributed by atoms with van der Waals surface area (Å²) >= 11 is 0. The van der Waals surface area contributed by atoms with Crippen molar-refractivity contribution in [2.24, 2.45) is 11.7 Å². The maximum absolute atomic E-state index is 5.48. The average Bonchev–Trinajstić information content (AvgIpc) is 3.16. The molecule has 0 aliphatic carbocycles. The minimum atomic E-state index is 0.613. The first-order valence-electron chi connectivity index (χ1n) is 10.1. The van der Waals surface area contributed by atoms with Gasteiger partial charge in [-0.15, -0.1) is 0 Å². The highest BCUT2D eigenvalue weighted by Crippen LogP contribution is 2.19. The van der Waals surface area contributed by atoms with E-state index in [1.165, 1.54) is 48.2 Å². The van der Waals surface area contributed by atoms with E-state index in [0.29, 0.717) is 18.4 Å². The van der Waals surface area contributed by atoms with E-state index >= 15 is 0 Å². The molecular weight excluding hydrogens is 316 g/mol. The Balaban J connectivity index is 0.000000197. The molecule has 2 nitrogen and oxygen atoms in total. The van der Waals surface area contributed by atoms with E-state index < -0.39 is 0 Å². The van der Waals surface area contributed by atoms with Gasteiger partial charge in [0.15, 0.2) is 0 Å². The van der Waals surface area contributed by atoms with E-state index in [4.69, 9.17) is 5.73 Å². The number of nitrogens with one attached hydrogen (secondary N) is 1. The summed E-state index contributed by atoms with van der Waals surface area (Å²) in [7, 11) is 0. The quantitative estimate of drug-likeness (QED) is 0.773. The number of hydrogen-bond acceptors (Lipinski definition) is 2. The van der Waals surface area contributed by atoms with E-state index in [9.17, 15) is 0 Å². The van der Waals surface area contributed by atoms with Crippen molar-refractivity contribution in [1.82, 2.24) is 5.32 Å². The van der Waals surface area contributed by atoms with Gasteiger partial charge in [-0.2, -0.15) is 0 Å². The topological polar surface area (TPSA) is 38.0 Å². The zero-order valence-corrected chi connectivity index (χ0v) is 17.0. The molecule has 1 aliphatic rings. The maximum Gasteiger partial charge on any atom is 0.0178 e. The second-order valence-corrected chi connectivity index (χ2v) is 8.06. The van der Waals surface area contributed by atoms with Gasteiger partial charge in [0.25, 0.3) is 0 Å². The SMILES string of the molecule is CC(C)c1ccc(CC2CCNC2)cc1.CC(C)c1ccc(CN)cc1. The molecule has 2 heteroatoms. The van der Waals surface area contributed by atoms with E-state index in [0.717, 1.165) is 5.92 Å². The fourth-order valence-corrected chi connectivity index (χ4v) is 3.30. The van der Waals surface area contributed by atoms with Gasteiger partial charge in [0, 0.05) is 6.54 Å². The van der Waals surface area contributed by atoms with Crippen molar-refractivity contribution in [3.8, 4) is 0 Å². The van der Waals surface area contributed by atoms with Crippen molar-refractivity contribution in [3.05, 3.63) is 70.8 Å². The number of hydrogen-bond donors (Lipinski definition) is 2. The highest BCUT2D eigenvalue weighted by Gasteiger charge is 2.14. The second kappa shape index (κ2) is 10.5. The predicted octanol–water partition coefficient (Wildman–Crippen LogP) is 5.23. The first-order valence-corrected chi connectivity index (χ1v) is 10.1. The second-order valence-electron chi connectivity index (χ2n) is 8.06. The molecule has 1 aliphatic heterocycles. The zero-order valence-electron chi connectivity index (χ0n) is 17.0. The molecule has 26 heavy (non-hydrogen) atoms. The third-order valence-corrected chi connectivity index (χ3v) is 5.22. The van der Waals surface area contributed by atoms with Crippen molar-refractivity contribution in [2.75, 3.05) is 13.1 Å². The molecule has 0 spiro atoms. The molecule has 0 aromatic heterocycles. The highest BCUT2D eigenvalue weighted by molar-refractivity contribution is 5.25. The summed E-state index contributed by atoms with van der Waals surface area (Å²) < 4.78 is 0. The van der Waals surface area contributed by atoms with Crippen LogP contribution in [-0.2, 0) is 13.0 Å². The summed E-state index contributed by atoms with van der Waals surface area (Å²) in [6.45, 7) is 11.9. The van der Waals surface area contributed by atoms with Crippen molar-refractivity contribution in [2.45, 2.75) is 58.9 Å². The van der Waals surface area contributed by atoms with Crippen LogP contribution < -0.4 is 11.1 Å². The average molecular weight is 353 g/mol. The molecule has 1 saturated heterocycles. The molecule has 3 rings (SSSR count). The van der Waals surface area contributed by atoms with Crippen molar-refractivity contribution in [3.63, 3.8) is 0 Å². The Kier molecular flexibility index (Phi) is 8.34. The lowest BCUT2D eigenvalue weighted by atomic mass is 9.96. The van der Waals surface area contributed by atoms with E-state index in [1.807, 2.05) is 0 Å². The van der Waals surface area contributed by atoms with Gasteiger partial charge >= 0.3 is 0 Å². The van der Waals surface area contributed by atoms with Crippen molar-refractivity contribution >= 4 is 0 Å². The fraction of sp³-hybridized carbons (Fsp3) is 0.500. The largest absolute Gasteiger partial charge is 0.326 e. The Bertz CT molecular complexity index is 620. The fourth-order valence-electron chi connectivity index (χ4n) is 3.30. The minimum Gasteiger partial charge on any atom is -0.326 e. The van der Waals surface area contributed by atoms with Gasteiger partial charge < -0.3 is 11.1 Å². The summed E-state index contributed by atoms with van der Waals surface area (Å²) in [5.74, 6) is 2.11. The molecule has 2 aromatic carbocycles. The lowest BCUT2D eigenvalue weighted by Crippen LogP contribution is -2.10. The first-order chi connectivity index (χ1) is 12.5. The van der Waals surface area contributed by atoms with Gasteiger partial charge in [-0.25, -0.2) is 0 Å². The van der Waals surface area contributed by atoms with E-state index in [1.54, 1.807) is 0 Å². The van der Waals surface area contributed by atoms with Gasteiger partial charge in [-0.05, 0) is 65.9 Å². The van der Waals surface area contributed by atoms with Gasteiger partial charge in [-0.1, -0.05) is 76.2 Å². The van der Waals surface area contributed by atoms with Crippen molar-refractivity contribution < 1.29 is 0 Å². The van der Waals surface area contributed by atoms with Crippen LogP contribution in [0, 0.1) is 5.92 Å². The van der Waals surface area contributed by atoms with Crippen LogP contribution in [0.2, 0.25) is 0 Å². The van der Waals surface area contributed by atoms with Crippen LogP contribution >= 0.6 is 0 Å². The van der Waals surface area contributed by atoms with Crippen molar-refractivity contribution in [1.29, 1.82) is 0 Å². The van der Waals surface area contributed by atoms with Gasteiger partial charge in [0.2, 0.25) is 0 Å². The standard InChI is InChI=1S/C14H21N.C10H15N/c1-11(2)14-5-3-12(4-6-14)9-13-7-8-15-10-13;1-8(2)10-5-3-9(7-11)4-6-10/h3-6,11,13,15H,7-10H2,1-2H3;3-6,8H,7,11H2,1-2H3. The highest BCUT2D eigenvalue weighted by atomic mass is 14.9. The Labute approximate surface area is 160 Å². The molecule has 0 amide bonds. The lowest BCUT2D eigenvalue weighted by molar-refractivity contribution is 0.580. The van der Waals surface area contributed by atoms with Crippen LogP contribution in [0.1, 0.15) is 68.2 Å². The monoisotopic (exact) mass is 352 g/mol. The van der Waals surface area contributed by atoms with Crippen LogP contribution in [0.15, 0.2) is 48.5 Å². The Morgan fingerprint density at radius 1 is 0.846 bits per heavy atom. The summed E-state index contributed by atoms with van der Waals surface area (Å²) in [5.41, 5.74) is 11.0. The molecule has 1 unspecified atom stereocenters. The molecule has 0 saturated carbocycles. The number of rotatable bonds is 5. The Hall–Kier alpha value is -1.64. The maximum atomic E-state index is 5.48. The first kappa shape index (κ1) is 20.7. The molecule has 1 heterocycles. The molecular formula is C24H36N2. The Morgan fingerprint density at radius 2 is 1.35 bits per heavy atom. The molecule has 3 N–H and O–H groups in total. The van der Waals surface area contributed by atoms with Gasteiger partial charge in [0.05, 0.1) is 0 Å². The zero-order chi connectivity index (χ0) is 18.9. The smallest absolute Gasteiger partial charge is 0.0178 e. The number of benzene rings is 2.